The van der Waals surface area contributed by atoms with E-state index in [2.05, 4.69) is 4.74 Å². The summed E-state index contributed by atoms with van der Waals surface area (Å²) in [5, 5.41) is 26.0. The fraction of sp³-hybridized carbons (Fsp3) is 0.800. The van der Waals surface area contributed by atoms with E-state index < -0.39 is 30.9 Å². The molecule has 3 N–H and O–H groups in total. The third-order valence-electron chi connectivity index (χ3n) is 1.39. The van der Waals surface area contributed by atoms with Crippen molar-refractivity contribution in [3.8, 4) is 0 Å². The molecule has 0 spiro atoms. The number of carbonyl (C=O) groups is 1. The van der Waals surface area contributed by atoms with Crippen LogP contribution in [0.15, 0.2) is 0 Å². The van der Waals surface area contributed by atoms with E-state index in [1.165, 1.54) is 0 Å². The lowest BCUT2D eigenvalue weighted by Crippen LogP contribution is -2.32. The Morgan fingerprint density at radius 1 is 1.50 bits per heavy atom. The number of aliphatic hydroxyl groups is 3. The topological polar surface area (TPSA) is 87.0 Å². The lowest BCUT2D eigenvalue weighted by molar-refractivity contribution is -0.148. The highest BCUT2D eigenvalue weighted by Crippen LogP contribution is 2.14. The summed E-state index contributed by atoms with van der Waals surface area (Å²) in [6, 6.07) is 0. The molecule has 1 saturated heterocycles. The Labute approximate surface area is 56.9 Å². The van der Waals surface area contributed by atoms with Crippen LogP contribution in [0.3, 0.4) is 0 Å². The summed E-state index contributed by atoms with van der Waals surface area (Å²) in [6.07, 6.45) is -3.77. The summed E-state index contributed by atoms with van der Waals surface area (Å²) in [6.45, 7) is -0.468. The maximum atomic E-state index is 10.4. The molecule has 0 aliphatic carbocycles. The number of carbonyl (C=O) groups excluding carboxylic acids is 1. The monoisotopic (exact) mass is 148 g/mol. The van der Waals surface area contributed by atoms with E-state index >= 15 is 0 Å². The molecule has 0 amide bonds. The van der Waals surface area contributed by atoms with Crippen molar-refractivity contribution in [2.24, 2.45) is 0 Å². The summed E-state index contributed by atoms with van der Waals surface area (Å²) in [5.74, 6) is -0.883. The molecule has 1 aliphatic rings. The first-order chi connectivity index (χ1) is 4.66. The molecule has 1 heterocycles. The normalized spacial score (nSPS) is 39.9. The maximum Gasteiger partial charge on any atom is 0.338 e. The van der Waals surface area contributed by atoms with Crippen LogP contribution in [0.5, 0.6) is 0 Å². The zero-order valence-electron chi connectivity index (χ0n) is 5.10. The second kappa shape index (κ2) is 2.53. The zero-order chi connectivity index (χ0) is 7.72. The highest BCUT2D eigenvalue weighted by atomic mass is 16.6. The molecule has 5 nitrogen and oxygen atoms in total. The van der Waals surface area contributed by atoms with Crippen LogP contribution in [0.1, 0.15) is 0 Å². The van der Waals surface area contributed by atoms with Gasteiger partial charge in [0.2, 0.25) is 0 Å². The molecule has 0 aromatic rings. The van der Waals surface area contributed by atoms with Crippen LogP contribution in [0.25, 0.3) is 0 Å². The first kappa shape index (κ1) is 7.46. The average molecular weight is 148 g/mol. The van der Waals surface area contributed by atoms with Crippen LogP contribution in [-0.2, 0) is 9.53 Å². The van der Waals surface area contributed by atoms with E-state index in [0.29, 0.717) is 0 Å². The van der Waals surface area contributed by atoms with Crippen LogP contribution < -0.4 is 0 Å². The van der Waals surface area contributed by atoms with Gasteiger partial charge in [-0.3, -0.25) is 0 Å². The zero-order valence-corrected chi connectivity index (χ0v) is 5.10. The smallest absolute Gasteiger partial charge is 0.338 e. The van der Waals surface area contributed by atoms with Crippen LogP contribution in [0, 0.1) is 0 Å². The second-order valence-corrected chi connectivity index (χ2v) is 2.09. The van der Waals surface area contributed by atoms with Gasteiger partial charge < -0.3 is 20.1 Å². The van der Waals surface area contributed by atoms with Crippen LogP contribution in [0.2, 0.25) is 0 Å². The van der Waals surface area contributed by atoms with Gasteiger partial charge in [-0.2, -0.15) is 0 Å². The molecule has 1 rings (SSSR count). The molecule has 3 atom stereocenters. The number of ether oxygens (including phenoxy) is 1. The third-order valence-corrected chi connectivity index (χ3v) is 1.39. The predicted molar refractivity (Wildman–Crippen MR) is 29.0 cm³/mol. The van der Waals surface area contributed by atoms with Crippen LogP contribution in [-0.4, -0.2) is 46.2 Å². The third kappa shape index (κ3) is 0.985. The fourth-order valence-electron chi connectivity index (χ4n) is 0.777. The van der Waals surface area contributed by atoms with Gasteiger partial charge in [0.25, 0.3) is 0 Å². The molecule has 0 saturated carbocycles. The Hall–Kier alpha value is -0.650. The van der Waals surface area contributed by atoms with Gasteiger partial charge in [-0.05, 0) is 0 Å². The van der Waals surface area contributed by atoms with Crippen molar-refractivity contribution in [2.75, 3.05) is 6.61 Å². The van der Waals surface area contributed by atoms with Crippen molar-refractivity contribution in [2.45, 2.75) is 18.3 Å². The highest BCUT2D eigenvalue weighted by Gasteiger charge is 2.41. The molecule has 1 aliphatic heterocycles. The van der Waals surface area contributed by atoms with Gasteiger partial charge in [0, 0.05) is 0 Å². The predicted octanol–water partition coefficient (Wildman–Crippen LogP) is -2.37. The summed E-state index contributed by atoms with van der Waals surface area (Å²) < 4.78 is 4.35. The van der Waals surface area contributed by atoms with Gasteiger partial charge in [0.05, 0.1) is 6.61 Å². The second-order valence-electron chi connectivity index (χ2n) is 2.09. The molecule has 5 heteroatoms. The van der Waals surface area contributed by atoms with E-state index in [0.717, 1.165) is 0 Å². The van der Waals surface area contributed by atoms with Crippen molar-refractivity contribution in [3.05, 3.63) is 0 Å². The molecular weight excluding hydrogens is 140 g/mol. The Morgan fingerprint density at radius 3 is 2.30 bits per heavy atom. The average Bonchev–Trinajstić information content (AvgIpc) is 2.17. The van der Waals surface area contributed by atoms with E-state index in [-0.39, 0.29) is 0 Å². The molecule has 1 unspecified atom stereocenters. The van der Waals surface area contributed by atoms with Crippen molar-refractivity contribution < 1.29 is 24.9 Å². The van der Waals surface area contributed by atoms with Gasteiger partial charge in [0.1, 0.15) is 6.10 Å². The number of rotatable bonds is 1. The van der Waals surface area contributed by atoms with Crippen molar-refractivity contribution in [3.63, 3.8) is 0 Å². The molecule has 0 aromatic carbocycles. The maximum absolute atomic E-state index is 10.4. The first-order valence-corrected chi connectivity index (χ1v) is 2.84. The lowest BCUT2D eigenvalue weighted by Gasteiger charge is -2.08. The number of cyclic esters (lactones) is 1. The van der Waals surface area contributed by atoms with Crippen LogP contribution in [0.4, 0.5) is 0 Å². The first-order valence-electron chi connectivity index (χ1n) is 2.84. The Balaban J connectivity index is 2.61. The van der Waals surface area contributed by atoms with Gasteiger partial charge >= 0.3 is 5.97 Å². The Morgan fingerprint density at radius 2 is 2.10 bits per heavy atom. The minimum Gasteiger partial charge on any atom is -0.455 e. The van der Waals surface area contributed by atoms with E-state index in [4.69, 9.17) is 15.3 Å². The van der Waals surface area contributed by atoms with Crippen molar-refractivity contribution in [1.82, 2.24) is 0 Å². The van der Waals surface area contributed by atoms with Gasteiger partial charge in [-0.25, -0.2) is 4.79 Å². The molecule has 1 fully saturated rings. The number of hydrogen-bond donors (Lipinski definition) is 3. The quantitative estimate of drug-likeness (QED) is 0.362. The molecule has 0 bridgehead atoms. The Bertz CT molecular complexity index is 145. The van der Waals surface area contributed by atoms with E-state index in [1.807, 2.05) is 0 Å². The standard InChI is InChI=1S/C5H8O5/c6-1-2-3(7)4(8)5(9)10-2/h2-4,6-8H,1H2/t2-,3?,4+/m0/s1. The Kier molecular flexibility index (Phi) is 1.89. The fourth-order valence-corrected chi connectivity index (χ4v) is 0.777. The SMILES string of the molecule is O=C1O[C@@H](CO)C(O)[C@H]1O. The summed E-state index contributed by atoms with van der Waals surface area (Å²) in [7, 11) is 0. The largest absolute Gasteiger partial charge is 0.455 e. The van der Waals surface area contributed by atoms with E-state index in [1.54, 1.807) is 0 Å². The van der Waals surface area contributed by atoms with Crippen molar-refractivity contribution in [1.29, 1.82) is 0 Å². The molecule has 0 radical (unpaired) electrons. The molecule has 10 heavy (non-hydrogen) atoms. The number of esters is 1. The van der Waals surface area contributed by atoms with Crippen molar-refractivity contribution >= 4 is 5.97 Å². The van der Waals surface area contributed by atoms with Crippen LogP contribution >= 0.6 is 0 Å². The van der Waals surface area contributed by atoms with Gasteiger partial charge in [-0.1, -0.05) is 0 Å². The number of hydrogen-bond acceptors (Lipinski definition) is 5. The van der Waals surface area contributed by atoms with E-state index in [9.17, 15) is 4.79 Å². The van der Waals surface area contributed by atoms with Gasteiger partial charge in [-0.15, -0.1) is 0 Å². The summed E-state index contributed by atoms with van der Waals surface area (Å²) in [5.41, 5.74) is 0. The minimum atomic E-state index is -1.50. The minimum absolute atomic E-state index is 0.468. The summed E-state index contributed by atoms with van der Waals surface area (Å²) >= 11 is 0. The highest BCUT2D eigenvalue weighted by molar-refractivity contribution is 5.77. The van der Waals surface area contributed by atoms with Gasteiger partial charge in [0.15, 0.2) is 12.2 Å². The molecular formula is C5H8O5. The lowest BCUT2D eigenvalue weighted by atomic mass is 10.1. The molecule has 58 valence electrons. The number of aliphatic hydroxyl groups excluding tert-OH is 3. The summed E-state index contributed by atoms with van der Waals surface area (Å²) in [4.78, 5) is 10.4. The molecule has 0 aromatic heterocycles.